The number of hydrogen-bond acceptors (Lipinski definition) is 5. The van der Waals surface area contributed by atoms with Gasteiger partial charge in [-0.3, -0.25) is 9.36 Å². The molecule has 0 bridgehead atoms. The van der Waals surface area contributed by atoms with E-state index < -0.39 is 0 Å². The summed E-state index contributed by atoms with van der Waals surface area (Å²) in [6.45, 7) is 0.604. The maximum Gasteiger partial charge on any atom is 0.267 e. The molecule has 0 unspecified atom stereocenters. The molecule has 0 aliphatic rings. The van der Waals surface area contributed by atoms with Gasteiger partial charge in [0.05, 0.1) is 27.8 Å². The first-order valence-corrected chi connectivity index (χ1v) is 8.11. The average Bonchev–Trinajstić information content (AvgIpc) is 2.56. The standard InChI is InChI=1S/C17H18ClN5O/c18-12-4-3-5-13-16(12)17(24)23(11-7-8-14(20)21-10-11)15(22-13)6-1-2-9-19/h3-5,7-8,10H,1-2,6,9,19H2,(H2,20,21). The minimum absolute atomic E-state index is 0.208. The lowest BCUT2D eigenvalue weighted by atomic mass is 10.2. The molecule has 0 atom stereocenters. The Balaban J connectivity index is 2.24. The first-order chi connectivity index (χ1) is 11.6. The van der Waals surface area contributed by atoms with Crippen LogP contribution in [0.2, 0.25) is 5.02 Å². The number of nitrogen functional groups attached to an aromatic ring is 1. The van der Waals surface area contributed by atoms with Crippen LogP contribution in [-0.4, -0.2) is 21.1 Å². The van der Waals surface area contributed by atoms with Gasteiger partial charge in [-0.2, -0.15) is 0 Å². The third kappa shape index (κ3) is 3.11. The van der Waals surface area contributed by atoms with E-state index in [-0.39, 0.29) is 5.56 Å². The predicted molar refractivity (Wildman–Crippen MR) is 96.5 cm³/mol. The second-order valence-electron chi connectivity index (χ2n) is 5.49. The number of rotatable bonds is 5. The Hall–Kier alpha value is -2.44. The lowest BCUT2D eigenvalue weighted by Gasteiger charge is -2.14. The van der Waals surface area contributed by atoms with Crippen molar-refractivity contribution in [2.45, 2.75) is 19.3 Å². The summed E-state index contributed by atoms with van der Waals surface area (Å²) < 4.78 is 1.55. The van der Waals surface area contributed by atoms with E-state index in [9.17, 15) is 4.79 Å². The van der Waals surface area contributed by atoms with Crippen LogP contribution in [0.5, 0.6) is 0 Å². The number of halogens is 1. The van der Waals surface area contributed by atoms with E-state index in [1.807, 2.05) is 0 Å². The minimum Gasteiger partial charge on any atom is -0.384 e. The summed E-state index contributed by atoms with van der Waals surface area (Å²) >= 11 is 6.22. The van der Waals surface area contributed by atoms with Gasteiger partial charge in [0, 0.05) is 6.42 Å². The highest BCUT2D eigenvalue weighted by Crippen LogP contribution is 2.21. The molecule has 0 saturated heterocycles. The van der Waals surface area contributed by atoms with Crippen LogP contribution in [0.1, 0.15) is 18.7 Å². The highest BCUT2D eigenvalue weighted by molar-refractivity contribution is 6.35. The fourth-order valence-electron chi connectivity index (χ4n) is 2.63. The van der Waals surface area contributed by atoms with Gasteiger partial charge in [0.25, 0.3) is 5.56 Å². The van der Waals surface area contributed by atoms with Crippen LogP contribution in [0.3, 0.4) is 0 Å². The van der Waals surface area contributed by atoms with E-state index in [1.54, 1.807) is 41.1 Å². The zero-order valence-corrected chi connectivity index (χ0v) is 13.8. The molecule has 0 radical (unpaired) electrons. The van der Waals surface area contributed by atoms with Crippen molar-refractivity contribution in [1.29, 1.82) is 0 Å². The van der Waals surface area contributed by atoms with Crippen LogP contribution >= 0.6 is 11.6 Å². The van der Waals surface area contributed by atoms with Crippen LogP contribution in [0.4, 0.5) is 5.82 Å². The molecule has 2 aromatic heterocycles. The molecule has 1 aromatic carbocycles. The van der Waals surface area contributed by atoms with Crippen LogP contribution in [0, 0.1) is 0 Å². The van der Waals surface area contributed by atoms with Crippen molar-refractivity contribution in [1.82, 2.24) is 14.5 Å². The quantitative estimate of drug-likeness (QED) is 0.692. The van der Waals surface area contributed by atoms with E-state index in [0.29, 0.717) is 46.2 Å². The van der Waals surface area contributed by atoms with Crippen LogP contribution in [0.15, 0.2) is 41.3 Å². The molecule has 124 valence electrons. The summed E-state index contributed by atoms with van der Waals surface area (Å²) in [7, 11) is 0. The van der Waals surface area contributed by atoms with Crippen molar-refractivity contribution in [2.75, 3.05) is 12.3 Å². The second-order valence-corrected chi connectivity index (χ2v) is 5.90. The van der Waals surface area contributed by atoms with Crippen LogP contribution < -0.4 is 17.0 Å². The Kier molecular flexibility index (Phi) is 4.78. The topological polar surface area (TPSA) is 99.8 Å². The molecule has 6 nitrogen and oxygen atoms in total. The molecule has 0 fully saturated rings. The minimum atomic E-state index is -0.208. The maximum atomic E-state index is 13.0. The van der Waals surface area contributed by atoms with E-state index in [4.69, 9.17) is 23.1 Å². The van der Waals surface area contributed by atoms with Gasteiger partial charge < -0.3 is 11.5 Å². The fraction of sp³-hybridized carbons (Fsp3) is 0.235. The van der Waals surface area contributed by atoms with Crippen LogP contribution in [0.25, 0.3) is 16.6 Å². The van der Waals surface area contributed by atoms with E-state index in [1.165, 1.54) is 0 Å². The van der Waals surface area contributed by atoms with Gasteiger partial charge in [0.1, 0.15) is 11.6 Å². The molecule has 2 heterocycles. The zero-order valence-electron chi connectivity index (χ0n) is 13.1. The van der Waals surface area contributed by atoms with Crippen molar-refractivity contribution >= 4 is 28.3 Å². The Bertz CT molecular complexity index is 921. The Morgan fingerprint density at radius 2 is 2.00 bits per heavy atom. The number of aryl methyl sites for hydroxylation is 1. The largest absolute Gasteiger partial charge is 0.384 e. The van der Waals surface area contributed by atoms with Crippen LogP contribution in [-0.2, 0) is 6.42 Å². The number of nitrogens with two attached hydrogens (primary N) is 2. The van der Waals surface area contributed by atoms with E-state index in [0.717, 1.165) is 12.8 Å². The summed E-state index contributed by atoms with van der Waals surface area (Å²) in [5, 5.41) is 0.786. The molecule has 0 aliphatic heterocycles. The fourth-order valence-corrected chi connectivity index (χ4v) is 2.88. The summed E-state index contributed by atoms with van der Waals surface area (Å²) in [5.74, 6) is 1.05. The number of fused-ring (bicyclic) bond motifs is 1. The Morgan fingerprint density at radius 3 is 2.71 bits per heavy atom. The molecular weight excluding hydrogens is 326 g/mol. The SMILES string of the molecule is NCCCCc1nc2cccc(Cl)c2c(=O)n1-c1ccc(N)nc1. The lowest BCUT2D eigenvalue weighted by molar-refractivity contribution is 0.693. The number of anilines is 1. The number of benzene rings is 1. The first-order valence-electron chi connectivity index (χ1n) is 7.74. The normalized spacial score (nSPS) is 11.1. The van der Waals surface area contributed by atoms with Crippen molar-refractivity contribution in [3.8, 4) is 5.69 Å². The maximum absolute atomic E-state index is 13.0. The highest BCUT2D eigenvalue weighted by atomic mass is 35.5. The predicted octanol–water partition coefficient (Wildman–Crippen LogP) is 2.30. The summed E-state index contributed by atoms with van der Waals surface area (Å²) in [5.41, 5.74) is 12.2. The van der Waals surface area contributed by atoms with Gasteiger partial charge in [-0.05, 0) is 43.7 Å². The number of hydrogen-bond donors (Lipinski definition) is 2. The molecule has 0 amide bonds. The number of aromatic nitrogens is 3. The monoisotopic (exact) mass is 343 g/mol. The Morgan fingerprint density at radius 1 is 1.17 bits per heavy atom. The number of nitrogens with zero attached hydrogens (tertiary/aromatic N) is 3. The molecule has 24 heavy (non-hydrogen) atoms. The van der Waals surface area contributed by atoms with E-state index in [2.05, 4.69) is 9.97 Å². The summed E-state index contributed by atoms with van der Waals surface area (Å²) in [4.78, 5) is 21.8. The molecule has 3 rings (SSSR count). The van der Waals surface area contributed by atoms with Gasteiger partial charge in [-0.25, -0.2) is 9.97 Å². The number of pyridine rings is 1. The lowest BCUT2D eigenvalue weighted by Crippen LogP contribution is -2.24. The van der Waals surface area contributed by atoms with E-state index >= 15 is 0 Å². The molecule has 3 aromatic rings. The molecule has 0 aliphatic carbocycles. The van der Waals surface area contributed by atoms with Gasteiger partial charge in [0.15, 0.2) is 0 Å². The molecule has 4 N–H and O–H groups in total. The number of unbranched alkanes of at least 4 members (excludes halogenated alkanes) is 1. The van der Waals surface area contributed by atoms with Crippen molar-refractivity contribution in [3.05, 3.63) is 57.7 Å². The summed E-state index contributed by atoms with van der Waals surface area (Å²) in [6, 6.07) is 8.67. The molecule has 0 spiro atoms. The van der Waals surface area contributed by atoms with Crippen molar-refractivity contribution < 1.29 is 0 Å². The van der Waals surface area contributed by atoms with Gasteiger partial charge in [0.2, 0.25) is 0 Å². The average molecular weight is 344 g/mol. The first kappa shape index (κ1) is 16.4. The second kappa shape index (κ2) is 6.98. The third-order valence-corrected chi connectivity index (χ3v) is 4.11. The highest BCUT2D eigenvalue weighted by Gasteiger charge is 2.15. The van der Waals surface area contributed by atoms with Gasteiger partial charge >= 0.3 is 0 Å². The third-order valence-electron chi connectivity index (χ3n) is 3.80. The van der Waals surface area contributed by atoms with Gasteiger partial charge in [-0.1, -0.05) is 17.7 Å². The zero-order chi connectivity index (χ0) is 17.1. The molecular formula is C17H18ClN5O. The smallest absolute Gasteiger partial charge is 0.267 e. The van der Waals surface area contributed by atoms with Crippen molar-refractivity contribution in [2.24, 2.45) is 5.73 Å². The Labute approximate surface area is 144 Å². The molecule has 7 heteroatoms. The van der Waals surface area contributed by atoms with Crippen molar-refractivity contribution in [3.63, 3.8) is 0 Å². The van der Waals surface area contributed by atoms with Gasteiger partial charge in [-0.15, -0.1) is 0 Å². The molecule has 0 saturated carbocycles. The summed E-state index contributed by atoms with van der Waals surface area (Å²) in [6.07, 6.45) is 3.91.